The minimum absolute atomic E-state index is 0.143. The maximum Gasteiger partial charge on any atom is 0.257 e. The van der Waals surface area contributed by atoms with Crippen molar-refractivity contribution in [2.75, 3.05) is 5.32 Å². The van der Waals surface area contributed by atoms with Crippen LogP contribution in [0.5, 0.6) is 0 Å². The third-order valence-electron chi connectivity index (χ3n) is 4.30. The van der Waals surface area contributed by atoms with Gasteiger partial charge in [0.25, 0.3) is 5.91 Å². The molecular formula is C22H19N5O2S. The molecule has 2 aromatic heterocycles. The van der Waals surface area contributed by atoms with Gasteiger partial charge in [-0.25, -0.2) is 9.67 Å². The lowest BCUT2D eigenvalue weighted by Crippen LogP contribution is -2.24. The SMILES string of the molecule is O=C(Cc1csc(NC(=O)c2ccccc2)n1)NCc1cnn(-c2ccccc2)c1. The van der Waals surface area contributed by atoms with Crippen LogP contribution in [-0.4, -0.2) is 26.6 Å². The van der Waals surface area contributed by atoms with Gasteiger partial charge in [0.05, 0.1) is 24.0 Å². The number of amides is 2. The Balaban J connectivity index is 1.28. The molecule has 30 heavy (non-hydrogen) atoms. The molecule has 150 valence electrons. The highest BCUT2D eigenvalue weighted by molar-refractivity contribution is 7.14. The molecule has 0 spiro atoms. The van der Waals surface area contributed by atoms with E-state index in [9.17, 15) is 9.59 Å². The van der Waals surface area contributed by atoms with Gasteiger partial charge < -0.3 is 5.32 Å². The Morgan fingerprint density at radius 2 is 1.73 bits per heavy atom. The van der Waals surface area contributed by atoms with E-state index in [0.29, 0.717) is 22.9 Å². The highest BCUT2D eigenvalue weighted by Gasteiger charge is 2.11. The molecule has 0 radical (unpaired) electrons. The van der Waals surface area contributed by atoms with Crippen LogP contribution in [0.25, 0.3) is 5.69 Å². The number of thiazole rings is 1. The monoisotopic (exact) mass is 417 g/mol. The van der Waals surface area contributed by atoms with E-state index >= 15 is 0 Å². The fourth-order valence-corrected chi connectivity index (χ4v) is 3.51. The standard InChI is InChI=1S/C22H19N5O2S/c28-20(23-12-16-13-24-27(14-16)19-9-5-2-6-10-19)11-18-15-30-22(25-18)26-21(29)17-7-3-1-4-8-17/h1-10,13-15H,11-12H2,(H,23,28)(H,25,26,29). The minimum Gasteiger partial charge on any atom is -0.352 e. The molecule has 2 heterocycles. The van der Waals surface area contributed by atoms with Crippen molar-refractivity contribution in [2.24, 2.45) is 0 Å². The fraction of sp³-hybridized carbons (Fsp3) is 0.0909. The van der Waals surface area contributed by atoms with Gasteiger partial charge in [-0.15, -0.1) is 11.3 Å². The van der Waals surface area contributed by atoms with Gasteiger partial charge in [-0.3, -0.25) is 14.9 Å². The van der Waals surface area contributed by atoms with Crippen molar-refractivity contribution in [1.82, 2.24) is 20.1 Å². The number of nitrogens with one attached hydrogen (secondary N) is 2. The number of para-hydroxylation sites is 1. The summed E-state index contributed by atoms with van der Waals surface area (Å²) < 4.78 is 1.77. The van der Waals surface area contributed by atoms with E-state index in [1.807, 2.05) is 42.6 Å². The highest BCUT2D eigenvalue weighted by Crippen LogP contribution is 2.17. The first-order valence-corrected chi connectivity index (χ1v) is 10.2. The quantitative estimate of drug-likeness (QED) is 0.482. The molecule has 0 atom stereocenters. The van der Waals surface area contributed by atoms with Gasteiger partial charge in [0.2, 0.25) is 5.91 Å². The van der Waals surface area contributed by atoms with Crippen molar-refractivity contribution in [3.63, 3.8) is 0 Å². The summed E-state index contributed by atoms with van der Waals surface area (Å²) in [5, 5.41) is 12.2. The van der Waals surface area contributed by atoms with Crippen LogP contribution in [0.15, 0.2) is 78.4 Å². The summed E-state index contributed by atoms with van der Waals surface area (Å²) in [7, 11) is 0. The Kier molecular flexibility index (Phi) is 5.95. The molecule has 0 saturated carbocycles. The van der Waals surface area contributed by atoms with E-state index in [0.717, 1.165) is 11.3 Å². The predicted octanol–water partition coefficient (Wildman–Crippen LogP) is 3.44. The van der Waals surface area contributed by atoms with Crippen molar-refractivity contribution in [1.29, 1.82) is 0 Å². The molecule has 4 rings (SSSR count). The Morgan fingerprint density at radius 3 is 2.50 bits per heavy atom. The number of hydrogen-bond acceptors (Lipinski definition) is 5. The molecule has 0 aliphatic rings. The molecule has 2 aromatic carbocycles. The number of hydrogen-bond donors (Lipinski definition) is 2. The largest absolute Gasteiger partial charge is 0.352 e. The van der Waals surface area contributed by atoms with Gasteiger partial charge in [0, 0.05) is 29.2 Å². The number of anilines is 1. The van der Waals surface area contributed by atoms with Crippen LogP contribution in [-0.2, 0) is 17.8 Å². The zero-order chi connectivity index (χ0) is 20.8. The first-order chi connectivity index (χ1) is 14.7. The second kappa shape index (κ2) is 9.15. The van der Waals surface area contributed by atoms with E-state index in [2.05, 4.69) is 20.7 Å². The van der Waals surface area contributed by atoms with Gasteiger partial charge in [-0.1, -0.05) is 36.4 Å². The first kappa shape index (κ1) is 19.5. The van der Waals surface area contributed by atoms with E-state index in [1.54, 1.807) is 40.5 Å². The molecule has 0 fully saturated rings. The summed E-state index contributed by atoms with van der Waals surface area (Å²) in [5.41, 5.74) is 3.04. The van der Waals surface area contributed by atoms with Gasteiger partial charge in [0.1, 0.15) is 0 Å². The number of nitrogens with zero attached hydrogens (tertiary/aromatic N) is 3. The molecule has 0 unspecified atom stereocenters. The average Bonchev–Trinajstić information content (AvgIpc) is 3.43. The number of carbonyl (C=O) groups is 2. The molecule has 2 amide bonds. The smallest absolute Gasteiger partial charge is 0.257 e. The summed E-state index contributed by atoms with van der Waals surface area (Å²) in [6.45, 7) is 0.382. The van der Waals surface area contributed by atoms with Crippen molar-refractivity contribution >= 4 is 28.3 Å². The van der Waals surface area contributed by atoms with Crippen LogP contribution in [0.2, 0.25) is 0 Å². The summed E-state index contributed by atoms with van der Waals surface area (Å²) in [4.78, 5) is 28.8. The van der Waals surface area contributed by atoms with Crippen LogP contribution in [0.3, 0.4) is 0 Å². The Bertz CT molecular complexity index is 1140. The van der Waals surface area contributed by atoms with Gasteiger partial charge in [0.15, 0.2) is 5.13 Å². The molecule has 7 nitrogen and oxygen atoms in total. The van der Waals surface area contributed by atoms with E-state index in [-0.39, 0.29) is 18.2 Å². The molecule has 0 bridgehead atoms. The third-order valence-corrected chi connectivity index (χ3v) is 5.10. The van der Waals surface area contributed by atoms with Gasteiger partial charge in [-0.05, 0) is 24.3 Å². The van der Waals surface area contributed by atoms with E-state index in [1.165, 1.54) is 11.3 Å². The van der Waals surface area contributed by atoms with Crippen LogP contribution < -0.4 is 10.6 Å². The summed E-state index contributed by atoms with van der Waals surface area (Å²) >= 11 is 1.29. The van der Waals surface area contributed by atoms with Crippen molar-refractivity contribution in [3.8, 4) is 5.69 Å². The van der Waals surface area contributed by atoms with E-state index < -0.39 is 0 Å². The lowest BCUT2D eigenvalue weighted by molar-refractivity contribution is -0.120. The molecule has 4 aromatic rings. The molecule has 2 N–H and O–H groups in total. The predicted molar refractivity (Wildman–Crippen MR) is 116 cm³/mol. The minimum atomic E-state index is -0.226. The molecule has 0 aliphatic heterocycles. The number of rotatable bonds is 7. The zero-order valence-electron chi connectivity index (χ0n) is 16.0. The normalized spacial score (nSPS) is 10.5. The van der Waals surface area contributed by atoms with Crippen LogP contribution in [0.4, 0.5) is 5.13 Å². The summed E-state index contributed by atoms with van der Waals surface area (Å²) in [5.74, 6) is -0.370. The van der Waals surface area contributed by atoms with Crippen molar-refractivity contribution in [2.45, 2.75) is 13.0 Å². The summed E-state index contributed by atoms with van der Waals surface area (Å²) in [6.07, 6.45) is 3.76. The third kappa shape index (κ3) is 4.98. The van der Waals surface area contributed by atoms with Crippen LogP contribution in [0.1, 0.15) is 21.6 Å². The second-order valence-corrected chi connectivity index (χ2v) is 7.40. The van der Waals surface area contributed by atoms with Gasteiger partial charge >= 0.3 is 0 Å². The molecule has 8 heteroatoms. The topological polar surface area (TPSA) is 88.9 Å². The number of carbonyl (C=O) groups excluding carboxylic acids is 2. The molecular weight excluding hydrogens is 398 g/mol. The van der Waals surface area contributed by atoms with E-state index in [4.69, 9.17) is 0 Å². The fourth-order valence-electron chi connectivity index (χ4n) is 2.81. The zero-order valence-corrected chi connectivity index (χ0v) is 16.8. The second-order valence-electron chi connectivity index (χ2n) is 6.55. The average molecular weight is 417 g/mol. The van der Waals surface area contributed by atoms with Crippen LogP contribution >= 0.6 is 11.3 Å². The summed E-state index contributed by atoms with van der Waals surface area (Å²) in [6, 6.07) is 18.7. The number of aromatic nitrogens is 3. The van der Waals surface area contributed by atoms with Crippen molar-refractivity contribution in [3.05, 3.63) is 95.3 Å². The van der Waals surface area contributed by atoms with Crippen molar-refractivity contribution < 1.29 is 9.59 Å². The molecule has 0 aliphatic carbocycles. The maximum atomic E-state index is 12.3. The lowest BCUT2D eigenvalue weighted by atomic mass is 10.2. The maximum absolute atomic E-state index is 12.3. The first-order valence-electron chi connectivity index (χ1n) is 9.34. The highest BCUT2D eigenvalue weighted by atomic mass is 32.1. The lowest BCUT2D eigenvalue weighted by Gasteiger charge is -2.02. The van der Waals surface area contributed by atoms with Crippen LogP contribution in [0, 0.1) is 0 Å². The molecule has 0 saturated heterocycles. The van der Waals surface area contributed by atoms with Gasteiger partial charge in [-0.2, -0.15) is 5.10 Å². The number of benzene rings is 2. The Morgan fingerprint density at radius 1 is 1.00 bits per heavy atom. The Labute approximate surface area is 177 Å². The Hall–Kier alpha value is -3.78.